The second-order valence-electron chi connectivity index (χ2n) is 8.77. The molecule has 2 aromatic heterocycles. The van der Waals surface area contributed by atoms with Crippen LogP contribution in [0.1, 0.15) is 50.1 Å². The van der Waals surface area contributed by atoms with Crippen LogP contribution >= 0.6 is 0 Å². The summed E-state index contributed by atoms with van der Waals surface area (Å²) in [6, 6.07) is 3.65. The minimum atomic E-state index is -0.826. The van der Waals surface area contributed by atoms with Gasteiger partial charge in [-0.1, -0.05) is 30.9 Å². The van der Waals surface area contributed by atoms with Gasteiger partial charge in [-0.05, 0) is 37.8 Å². The molecule has 3 rings (SSSR count). The SMILES string of the molecule is Cc1nc(-c2nnn(C)c2COC(=O)N(C)CC(C)C)ccc1C#CC1(CC(=O)O)CC1. The van der Waals surface area contributed by atoms with E-state index in [4.69, 9.17) is 9.84 Å². The molecule has 1 fully saturated rings. The van der Waals surface area contributed by atoms with Crippen LogP contribution in [-0.4, -0.2) is 55.6 Å². The van der Waals surface area contributed by atoms with Crippen LogP contribution in [0.15, 0.2) is 12.1 Å². The standard InChI is InChI=1S/C23H29N5O4/c1-15(2)13-27(4)22(31)32-14-19-21(25-26-28(19)5)18-7-6-17(16(3)24-18)8-9-23(10-11-23)12-20(29)30/h6-7,15H,10-14H2,1-5H3,(H,29,30). The number of amides is 1. The zero-order chi connectivity index (χ0) is 23.5. The summed E-state index contributed by atoms with van der Waals surface area (Å²) in [5.41, 5.74) is 2.85. The van der Waals surface area contributed by atoms with Gasteiger partial charge in [0.05, 0.1) is 17.8 Å². The minimum Gasteiger partial charge on any atom is -0.481 e. The Bertz CT molecular complexity index is 1080. The van der Waals surface area contributed by atoms with Gasteiger partial charge < -0.3 is 14.7 Å². The molecule has 1 aliphatic carbocycles. The molecule has 9 nitrogen and oxygen atoms in total. The molecular weight excluding hydrogens is 410 g/mol. The Morgan fingerprint density at radius 3 is 2.66 bits per heavy atom. The third kappa shape index (κ3) is 5.63. The molecule has 0 unspecified atom stereocenters. The van der Waals surface area contributed by atoms with Gasteiger partial charge in [-0.2, -0.15) is 0 Å². The maximum Gasteiger partial charge on any atom is 0.409 e. The molecule has 170 valence electrons. The summed E-state index contributed by atoms with van der Waals surface area (Å²) in [5.74, 6) is 5.74. The van der Waals surface area contributed by atoms with Crippen LogP contribution in [0, 0.1) is 30.1 Å². The van der Waals surface area contributed by atoms with Crippen LogP contribution < -0.4 is 0 Å². The fraction of sp³-hybridized carbons (Fsp3) is 0.522. The van der Waals surface area contributed by atoms with Gasteiger partial charge in [0, 0.05) is 31.6 Å². The molecular formula is C23H29N5O4. The third-order valence-corrected chi connectivity index (χ3v) is 5.36. The Morgan fingerprint density at radius 2 is 2.06 bits per heavy atom. The molecule has 0 bridgehead atoms. The number of hydrogen-bond donors (Lipinski definition) is 1. The lowest BCUT2D eigenvalue weighted by Crippen LogP contribution is -2.30. The van der Waals surface area contributed by atoms with E-state index >= 15 is 0 Å². The van der Waals surface area contributed by atoms with Crippen LogP contribution in [0.5, 0.6) is 0 Å². The number of carboxylic acids is 1. The fourth-order valence-electron chi connectivity index (χ4n) is 3.41. The Hall–Kier alpha value is -3.41. The molecule has 0 radical (unpaired) electrons. The van der Waals surface area contributed by atoms with Crippen LogP contribution in [0.2, 0.25) is 0 Å². The molecule has 2 heterocycles. The number of carboxylic acid groups (broad SMARTS) is 1. The number of aromatic nitrogens is 4. The van der Waals surface area contributed by atoms with Gasteiger partial charge in [-0.25, -0.2) is 9.48 Å². The zero-order valence-electron chi connectivity index (χ0n) is 19.2. The third-order valence-electron chi connectivity index (χ3n) is 5.36. The van der Waals surface area contributed by atoms with Crippen molar-refractivity contribution < 1.29 is 19.4 Å². The Morgan fingerprint density at radius 1 is 1.34 bits per heavy atom. The lowest BCUT2D eigenvalue weighted by atomic mass is 10.0. The Labute approximate surface area is 187 Å². The Kier molecular flexibility index (Phi) is 6.82. The number of ether oxygens (including phenoxy) is 1. The summed E-state index contributed by atoms with van der Waals surface area (Å²) in [4.78, 5) is 29.4. The monoisotopic (exact) mass is 439 g/mol. The van der Waals surface area contributed by atoms with Gasteiger partial charge in [-0.15, -0.1) is 5.10 Å². The highest BCUT2D eigenvalue weighted by molar-refractivity contribution is 5.69. The van der Waals surface area contributed by atoms with Crippen molar-refractivity contribution in [2.24, 2.45) is 18.4 Å². The molecule has 0 aliphatic heterocycles. The second-order valence-corrected chi connectivity index (χ2v) is 8.77. The molecule has 0 aromatic carbocycles. The average molecular weight is 440 g/mol. The van der Waals surface area contributed by atoms with Gasteiger partial charge >= 0.3 is 12.1 Å². The van der Waals surface area contributed by atoms with Crippen LogP contribution in [-0.2, 0) is 23.2 Å². The highest BCUT2D eigenvalue weighted by Gasteiger charge is 2.43. The van der Waals surface area contributed by atoms with E-state index in [9.17, 15) is 9.59 Å². The minimum absolute atomic E-state index is 0.0279. The van der Waals surface area contributed by atoms with Crippen LogP contribution in [0.4, 0.5) is 4.79 Å². The van der Waals surface area contributed by atoms with E-state index in [-0.39, 0.29) is 13.0 Å². The number of rotatable bonds is 7. The van der Waals surface area contributed by atoms with Gasteiger partial charge in [0.2, 0.25) is 0 Å². The topological polar surface area (TPSA) is 110 Å². The first-order valence-corrected chi connectivity index (χ1v) is 10.6. The quantitative estimate of drug-likeness (QED) is 0.660. The maximum atomic E-state index is 12.2. The summed E-state index contributed by atoms with van der Waals surface area (Å²) in [6.07, 6.45) is 1.28. The Balaban J connectivity index is 1.75. The van der Waals surface area contributed by atoms with Crippen LogP contribution in [0.25, 0.3) is 11.4 Å². The van der Waals surface area contributed by atoms with Gasteiger partial charge in [0.15, 0.2) is 0 Å². The van der Waals surface area contributed by atoms with Crippen molar-refractivity contribution in [1.82, 2.24) is 24.9 Å². The number of aryl methyl sites for hydroxylation is 2. The van der Waals surface area contributed by atoms with Crippen molar-refractivity contribution in [3.8, 4) is 23.2 Å². The highest BCUT2D eigenvalue weighted by Crippen LogP contribution is 2.48. The van der Waals surface area contributed by atoms with E-state index in [1.54, 1.807) is 29.7 Å². The fourth-order valence-corrected chi connectivity index (χ4v) is 3.41. The predicted octanol–water partition coefficient (Wildman–Crippen LogP) is 3.02. The number of nitrogens with zero attached hydrogens (tertiary/aromatic N) is 5. The molecule has 2 aromatic rings. The lowest BCUT2D eigenvalue weighted by molar-refractivity contribution is -0.137. The first-order valence-electron chi connectivity index (χ1n) is 10.6. The van der Waals surface area contributed by atoms with E-state index in [1.807, 2.05) is 26.8 Å². The van der Waals surface area contributed by atoms with E-state index in [0.29, 0.717) is 35.2 Å². The molecule has 1 N–H and O–H groups in total. The maximum absolute atomic E-state index is 12.2. The van der Waals surface area contributed by atoms with Crippen molar-refractivity contribution in [2.45, 2.75) is 46.6 Å². The molecule has 32 heavy (non-hydrogen) atoms. The number of hydrogen-bond acceptors (Lipinski definition) is 6. The molecule has 9 heteroatoms. The largest absolute Gasteiger partial charge is 0.481 e. The first-order chi connectivity index (χ1) is 15.1. The van der Waals surface area contributed by atoms with Gasteiger partial charge in [0.25, 0.3) is 0 Å². The van der Waals surface area contributed by atoms with Crippen molar-refractivity contribution in [2.75, 3.05) is 13.6 Å². The lowest BCUT2D eigenvalue weighted by Gasteiger charge is -2.19. The number of aliphatic carboxylic acids is 1. The molecule has 1 amide bonds. The van der Waals surface area contributed by atoms with Crippen molar-refractivity contribution in [3.05, 3.63) is 29.1 Å². The number of carbonyl (C=O) groups excluding carboxylic acids is 1. The summed E-state index contributed by atoms with van der Waals surface area (Å²) in [7, 11) is 3.44. The van der Waals surface area contributed by atoms with Crippen molar-refractivity contribution >= 4 is 12.1 Å². The van der Waals surface area contributed by atoms with E-state index in [0.717, 1.165) is 18.4 Å². The van der Waals surface area contributed by atoms with Crippen molar-refractivity contribution in [3.63, 3.8) is 0 Å². The molecule has 1 aliphatic rings. The molecule has 0 atom stereocenters. The van der Waals surface area contributed by atoms with Crippen molar-refractivity contribution in [1.29, 1.82) is 0 Å². The summed E-state index contributed by atoms with van der Waals surface area (Å²) in [5, 5.41) is 17.3. The predicted molar refractivity (Wildman–Crippen MR) is 117 cm³/mol. The summed E-state index contributed by atoms with van der Waals surface area (Å²) < 4.78 is 7.02. The van der Waals surface area contributed by atoms with Gasteiger partial charge in [0.1, 0.15) is 18.0 Å². The number of pyridine rings is 1. The first kappa shape index (κ1) is 23.3. The highest BCUT2D eigenvalue weighted by atomic mass is 16.6. The van der Waals surface area contributed by atoms with E-state index in [2.05, 4.69) is 27.1 Å². The molecule has 1 saturated carbocycles. The smallest absolute Gasteiger partial charge is 0.409 e. The average Bonchev–Trinajstić information content (AvgIpc) is 3.36. The number of carbonyl (C=O) groups is 2. The van der Waals surface area contributed by atoms with Gasteiger partial charge in [-0.3, -0.25) is 9.78 Å². The molecule has 0 spiro atoms. The van der Waals surface area contributed by atoms with Crippen LogP contribution in [0.3, 0.4) is 0 Å². The molecule has 0 saturated heterocycles. The normalized spacial score (nSPS) is 13.9. The second kappa shape index (κ2) is 9.39. The summed E-state index contributed by atoms with van der Waals surface area (Å²) in [6.45, 7) is 6.55. The van der Waals surface area contributed by atoms with E-state index < -0.39 is 17.5 Å². The van der Waals surface area contributed by atoms with E-state index in [1.165, 1.54) is 0 Å². The summed E-state index contributed by atoms with van der Waals surface area (Å²) >= 11 is 0. The zero-order valence-corrected chi connectivity index (χ0v) is 19.2.